The quantitative estimate of drug-likeness (QED) is 0.250. The van der Waals surface area contributed by atoms with Crippen molar-refractivity contribution < 1.29 is 29.7 Å². The maximum absolute atomic E-state index is 10.9. The van der Waals surface area contributed by atoms with Crippen LogP contribution in [0.15, 0.2) is 0 Å². The summed E-state index contributed by atoms with van der Waals surface area (Å²) < 4.78 is 0. The molecule has 0 aromatic carbocycles. The third kappa shape index (κ3) is 7.47. The first-order chi connectivity index (χ1) is 8.77. The fourth-order valence-electron chi connectivity index (χ4n) is 1.07. The van der Waals surface area contributed by atoms with Gasteiger partial charge in [0.05, 0.1) is 0 Å². The topological polar surface area (TPSA) is 136 Å². The molecule has 0 aliphatic rings. The van der Waals surface area contributed by atoms with Crippen molar-refractivity contribution in [3.63, 3.8) is 0 Å². The minimum absolute atomic E-state index is 0.0377. The van der Waals surface area contributed by atoms with Gasteiger partial charge in [-0.2, -0.15) is 12.6 Å². The Morgan fingerprint density at radius 1 is 1.05 bits per heavy atom. The molecule has 0 spiro atoms. The van der Waals surface area contributed by atoms with Crippen molar-refractivity contribution in [2.75, 3.05) is 5.75 Å². The van der Waals surface area contributed by atoms with E-state index in [-0.39, 0.29) is 23.7 Å². The van der Waals surface area contributed by atoms with Crippen LogP contribution in [0.4, 0.5) is 0 Å². The van der Waals surface area contributed by atoms with Gasteiger partial charge in [0, 0.05) is 12.2 Å². The van der Waals surface area contributed by atoms with Gasteiger partial charge in [-0.25, -0.2) is 9.59 Å². The average molecular weight is 310 g/mol. The van der Waals surface area contributed by atoms with Crippen LogP contribution in [0.3, 0.4) is 0 Å². The van der Waals surface area contributed by atoms with E-state index in [1.54, 1.807) is 0 Å². The van der Waals surface area contributed by atoms with Gasteiger partial charge in [0.25, 0.3) is 0 Å². The summed E-state index contributed by atoms with van der Waals surface area (Å²) in [6.07, 6.45) is -0.521. The Bertz CT molecular complexity index is 376. The Labute approximate surface area is 119 Å². The minimum Gasteiger partial charge on any atom is -0.481 e. The third-order valence-corrected chi connectivity index (χ3v) is 2.64. The standard InChI is InChI=1S/C9H14N2O6S2/c12-6(13)2-1-4(7(14)15)10-9(19)11-5(3-18)8(16)17/h4-5,18H,1-3H2,(H,12,13)(H,14,15)(H,16,17)(H2,10,11,19). The molecule has 0 aliphatic carbocycles. The molecule has 108 valence electrons. The van der Waals surface area contributed by atoms with E-state index in [9.17, 15) is 14.4 Å². The first-order valence-electron chi connectivity index (χ1n) is 5.13. The number of carboxylic acids is 3. The number of thiocarbonyl (C=S) groups is 1. The molecular formula is C9H14N2O6S2. The summed E-state index contributed by atoms with van der Waals surface area (Å²) in [6, 6.07) is -2.26. The van der Waals surface area contributed by atoms with Gasteiger partial charge in [0.2, 0.25) is 0 Å². The molecular weight excluding hydrogens is 296 g/mol. The van der Waals surface area contributed by atoms with E-state index >= 15 is 0 Å². The largest absolute Gasteiger partial charge is 0.481 e. The van der Waals surface area contributed by atoms with Crippen LogP contribution >= 0.6 is 24.8 Å². The van der Waals surface area contributed by atoms with E-state index in [4.69, 9.17) is 27.5 Å². The molecule has 0 heterocycles. The summed E-state index contributed by atoms with van der Waals surface area (Å²) in [7, 11) is 0. The van der Waals surface area contributed by atoms with Gasteiger partial charge in [-0.3, -0.25) is 4.79 Å². The lowest BCUT2D eigenvalue weighted by Gasteiger charge is -2.19. The summed E-state index contributed by atoms with van der Waals surface area (Å²) in [5.74, 6) is -3.63. The van der Waals surface area contributed by atoms with Crippen molar-refractivity contribution in [1.82, 2.24) is 10.6 Å². The van der Waals surface area contributed by atoms with Crippen molar-refractivity contribution >= 4 is 47.9 Å². The number of rotatable bonds is 8. The van der Waals surface area contributed by atoms with E-state index < -0.39 is 30.0 Å². The van der Waals surface area contributed by atoms with Gasteiger partial charge in [-0.05, 0) is 18.6 Å². The highest BCUT2D eigenvalue weighted by Crippen LogP contribution is 1.98. The fourth-order valence-corrected chi connectivity index (χ4v) is 1.60. The van der Waals surface area contributed by atoms with Crippen LogP contribution in [-0.4, -0.2) is 56.2 Å². The zero-order chi connectivity index (χ0) is 15.0. The van der Waals surface area contributed by atoms with Crippen LogP contribution in [0, 0.1) is 0 Å². The number of carboxylic acid groups (broad SMARTS) is 3. The highest BCUT2D eigenvalue weighted by Gasteiger charge is 2.22. The monoisotopic (exact) mass is 310 g/mol. The molecule has 0 radical (unpaired) electrons. The highest BCUT2D eigenvalue weighted by atomic mass is 32.1. The van der Waals surface area contributed by atoms with Crippen LogP contribution < -0.4 is 10.6 Å². The molecule has 0 saturated heterocycles. The molecule has 0 aromatic heterocycles. The molecule has 2 atom stereocenters. The zero-order valence-corrected chi connectivity index (χ0v) is 11.4. The summed E-state index contributed by atoms with van der Waals surface area (Å²) in [4.78, 5) is 31.9. The number of nitrogens with one attached hydrogen (secondary N) is 2. The smallest absolute Gasteiger partial charge is 0.327 e. The number of hydrogen-bond acceptors (Lipinski definition) is 5. The normalized spacial score (nSPS) is 13.1. The van der Waals surface area contributed by atoms with Gasteiger partial charge in [0.1, 0.15) is 12.1 Å². The van der Waals surface area contributed by atoms with Gasteiger partial charge >= 0.3 is 17.9 Å². The zero-order valence-electron chi connectivity index (χ0n) is 9.70. The van der Waals surface area contributed by atoms with Gasteiger partial charge < -0.3 is 26.0 Å². The van der Waals surface area contributed by atoms with Crippen molar-refractivity contribution in [3.05, 3.63) is 0 Å². The Kier molecular flexibility index (Phi) is 7.84. The lowest BCUT2D eigenvalue weighted by molar-refractivity contribution is -0.140. The molecule has 0 amide bonds. The van der Waals surface area contributed by atoms with Crippen LogP contribution in [0.1, 0.15) is 12.8 Å². The summed E-state index contributed by atoms with van der Waals surface area (Å²) in [5, 5.41) is 30.6. The van der Waals surface area contributed by atoms with Crippen LogP contribution in [0.5, 0.6) is 0 Å². The van der Waals surface area contributed by atoms with E-state index in [2.05, 4.69) is 23.3 Å². The van der Waals surface area contributed by atoms with Gasteiger partial charge in [0.15, 0.2) is 5.11 Å². The number of thiol groups is 1. The average Bonchev–Trinajstić information content (AvgIpc) is 2.30. The van der Waals surface area contributed by atoms with Crippen LogP contribution in [-0.2, 0) is 14.4 Å². The predicted molar refractivity (Wildman–Crippen MR) is 72.4 cm³/mol. The second-order valence-electron chi connectivity index (χ2n) is 3.51. The van der Waals surface area contributed by atoms with E-state index in [0.717, 1.165) is 0 Å². The summed E-state index contributed by atoms with van der Waals surface area (Å²) >= 11 is 8.57. The maximum Gasteiger partial charge on any atom is 0.327 e. The van der Waals surface area contributed by atoms with Crippen molar-refractivity contribution in [3.8, 4) is 0 Å². The first-order valence-corrected chi connectivity index (χ1v) is 6.17. The van der Waals surface area contributed by atoms with E-state index in [0.29, 0.717) is 0 Å². The molecule has 2 unspecified atom stereocenters. The van der Waals surface area contributed by atoms with Gasteiger partial charge in [-0.15, -0.1) is 0 Å². The molecule has 5 N–H and O–H groups in total. The third-order valence-electron chi connectivity index (χ3n) is 2.04. The molecule has 0 rings (SSSR count). The fraction of sp³-hybridized carbons (Fsp3) is 0.556. The Morgan fingerprint density at radius 3 is 1.89 bits per heavy atom. The molecule has 0 bridgehead atoms. The molecule has 0 saturated carbocycles. The first kappa shape index (κ1) is 17.4. The minimum atomic E-state index is -1.27. The second-order valence-corrected chi connectivity index (χ2v) is 4.29. The number of aliphatic carboxylic acids is 3. The summed E-state index contributed by atoms with van der Waals surface area (Å²) in [6.45, 7) is 0. The number of hydrogen-bond donors (Lipinski definition) is 6. The van der Waals surface area contributed by atoms with Crippen molar-refractivity contribution in [2.24, 2.45) is 0 Å². The molecule has 10 heteroatoms. The SMILES string of the molecule is O=C(O)CCC(NC(=S)NC(CS)C(=O)O)C(=O)O. The molecule has 0 aromatic rings. The maximum atomic E-state index is 10.9. The highest BCUT2D eigenvalue weighted by molar-refractivity contribution is 7.80. The summed E-state index contributed by atoms with van der Waals surface area (Å²) in [5.41, 5.74) is 0. The Morgan fingerprint density at radius 2 is 1.53 bits per heavy atom. The van der Waals surface area contributed by atoms with Crippen molar-refractivity contribution in [1.29, 1.82) is 0 Å². The second kappa shape index (κ2) is 8.53. The Balaban J connectivity index is 4.42. The van der Waals surface area contributed by atoms with Gasteiger partial charge in [-0.1, -0.05) is 0 Å². The van der Waals surface area contributed by atoms with Crippen molar-refractivity contribution in [2.45, 2.75) is 24.9 Å². The van der Waals surface area contributed by atoms with Crippen LogP contribution in [0.2, 0.25) is 0 Å². The Hall–Kier alpha value is -1.55. The lowest BCUT2D eigenvalue weighted by Crippen LogP contribution is -2.51. The van der Waals surface area contributed by atoms with E-state index in [1.165, 1.54) is 0 Å². The van der Waals surface area contributed by atoms with Crippen LogP contribution in [0.25, 0.3) is 0 Å². The number of carbonyl (C=O) groups is 3. The predicted octanol–water partition coefficient (Wildman–Crippen LogP) is -0.848. The molecule has 0 aliphatic heterocycles. The lowest BCUT2D eigenvalue weighted by atomic mass is 10.1. The molecule has 0 fully saturated rings. The van der Waals surface area contributed by atoms with E-state index in [1.807, 2.05) is 0 Å². The molecule has 8 nitrogen and oxygen atoms in total. The molecule has 19 heavy (non-hydrogen) atoms.